The van der Waals surface area contributed by atoms with E-state index in [0.29, 0.717) is 23.0 Å². The molecule has 1 heterocycles. The van der Waals surface area contributed by atoms with Gasteiger partial charge in [0.2, 0.25) is 0 Å². The van der Waals surface area contributed by atoms with E-state index in [1.165, 1.54) is 17.5 Å². The Bertz CT molecular complexity index is 500. The smallest absolute Gasteiger partial charge is 0.283 e. The number of nitrogens with zero attached hydrogens (tertiary/aromatic N) is 2. The lowest BCUT2D eigenvalue weighted by Crippen LogP contribution is -2.36. The van der Waals surface area contributed by atoms with Gasteiger partial charge >= 0.3 is 0 Å². The molecule has 3 unspecified atom stereocenters. The highest BCUT2D eigenvalue weighted by Gasteiger charge is 2.27. The highest BCUT2D eigenvalue weighted by molar-refractivity contribution is 9.10. The van der Waals surface area contributed by atoms with Gasteiger partial charge in [0, 0.05) is 12.6 Å². The van der Waals surface area contributed by atoms with E-state index in [9.17, 15) is 4.79 Å². The zero-order chi connectivity index (χ0) is 14.0. The molecule has 1 fully saturated rings. The first-order chi connectivity index (χ1) is 9.04. The Hall–Kier alpha value is -0.840. The molecule has 0 spiro atoms. The molecular formula is C14H22BrN3O. The van der Waals surface area contributed by atoms with Crippen molar-refractivity contribution in [2.75, 3.05) is 5.32 Å². The number of anilines is 1. The minimum atomic E-state index is -0.0657. The Kier molecular flexibility index (Phi) is 4.66. The quantitative estimate of drug-likeness (QED) is 0.926. The van der Waals surface area contributed by atoms with Crippen molar-refractivity contribution in [2.24, 2.45) is 11.8 Å². The topological polar surface area (TPSA) is 46.9 Å². The van der Waals surface area contributed by atoms with Gasteiger partial charge in [0.1, 0.15) is 4.47 Å². The summed E-state index contributed by atoms with van der Waals surface area (Å²) in [4.78, 5) is 12.0. The van der Waals surface area contributed by atoms with Gasteiger partial charge in [0.25, 0.3) is 5.56 Å². The van der Waals surface area contributed by atoms with E-state index in [1.54, 1.807) is 6.20 Å². The maximum Gasteiger partial charge on any atom is 0.283 e. The minimum Gasteiger partial charge on any atom is -0.380 e. The zero-order valence-corrected chi connectivity index (χ0v) is 13.4. The van der Waals surface area contributed by atoms with Crippen molar-refractivity contribution < 1.29 is 0 Å². The summed E-state index contributed by atoms with van der Waals surface area (Å²) in [6, 6.07) is 0.429. The van der Waals surface area contributed by atoms with Crippen molar-refractivity contribution in [1.82, 2.24) is 9.78 Å². The van der Waals surface area contributed by atoms with Crippen LogP contribution in [0.5, 0.6) is 0 Å². The largest absolute Gasteiger partial charge is 0.380 e. The molecule has 4 nitrogen and oxygen atoms in total. The first-order valence-electron chi connectivity index (χ1n) is 7.06. The number of halogens is 1. The molecule has 0 aromatic carbocycles. The molecule has 1 aliphatic carbocycles. The third kappa shape index (κ3) is 3.02. The van der Waals surface area contributed by atoms with E-state index >= 15 is 0 Å². The van der Waals surface area contributed by atoms with Gasteiger partial charge in [-0.1, -0.05) is 26.7 Å². The van der Waals surface area contributed by atoms with Crippen LogP contribution in [-0.2, 0) is 6.54 Å². The number of nitrogens with one attached hydrogen (secondary N) is 1. The molecule has 0 aliphatic heterocycles. The maximum absolute atomic E-state index is 12.0. The molecule has 106 valence electrons. The first kappa shape index (κ1) is 14.6. The van der Waals surface area contributed by atoms with E-state index < -0.39 is 0 Å². The van der Waals surface area contributed by atoms with Gasteiger partial charge in [-0.15, -0.1) is 0 Å². The summed E-state index contributed by atoms with van der Waals surface area (Å²) in [5, 5.41) is 7.68. The summed E-state index contributed by atoms with van der Waals surface area (Å²) in [5.74, 6) is 1.35. The second-order valence-electron chi connectivity index (χ2n) is 5.51. The van der Waals surface area contributed by atoms with Crippen LogP contribution in [0.3, 0.4) is 0 Å². The van der Waals surface area contributed by atoms with Gasteiger partial charge in [0.05, 0.1) is 11.9 Å². The normalized spacial score (nSPS) is 27.3. The van der Waals surface area contributed by atoms with Crippen LogP contribution in [0.25, 0.3) is 0 Å². The van der Waals surface area contributed by atoms with E-state index in [4.69, 9.17) is 0 Å². The Morgan fingerprint density at radius 1 is 1.47 bits per heavy atom. The number of rotatable bonds is 3. The predicted octanol–water partition coefficient (Wildman–Crippen LogP) is 3.26. The molecule has 1 aromatic rings. The molecule has 0 radical (unpaired) electrons. The van der Waals surface area contributed by atoms with Crippen LogP contribution in [0, 0.1) is 11.8 Å². The molecule has 2 rings (SSSR count). The molecule has 1 aromatic heterocycles. The fourth-order valence-corrected chi connectivity index (χ4v) is 3.20. The number of hydrogen-bond acceptors (Lipinski definition) is 3. The predicted molar refractivity (Wildman–Crippen MR) is 81.5 cm³/mol. The average Bonchev–Trinajstić information content (AvgIpc) is 2.40. The van der Waals surface area contributed by atoms with Gasteiger partial charge in [-0.05, 0) is 41.1 Å². The summed E-state index contributed by atoms with van der Waals surface area (Å²) < 4.78 is 2.05. The Morgan fingerprint density at radius 3 is 2.89 bits per heavy atom. The van der Waals surface area contributed by atoms with Crippen molar-refractivity contribution in [3.63, 3.8) is 0 Å². The molecule has 0 bridgehead atoms. The lowest BCUT2D eigenvalue weighted by Gasteiger charge is -2.35. The van der Waals surface area contributed by atoms with E-state index in [-0.39, 0.29) is 5.56 Å². The van der Waals surface area contributed by atoms with Crippen LogP contribution in [0.1, 0.15) is 40.0 Å². The zero-order valence-electron chi connectivity index (χ0n) is 11.8. The highest BCUT2D eigenvalue weighted by atomic mass is 79.9. The van der Waals surface area contributed by atoms with Crippen molar-refractivity contribution in [3.05, 3.63) is 21.0 Å². The third-order valence-corrected chi connectivity index (χ3v) is 5.10. The molecule has 1 saturated carbocycles. The Labute approximate surface area is 122 Å². The fraction of sp³-hybridized carbons (Fsp3) is 0.714. The summed E-state index contributed by atoms with van der Waals surface area (Å²) >= 11 is 3.40. The van der Waals surface area contributed by atoms with Crippen molar-refractivity contribution in [2.45, 2.75) is 52.6 Å². The highest BCUT2D eigenvalue weighted by Crippen LogP contribution is 2.32. The van der Waals surface area contributed by atoms with Gasteiger partial charge in [-0.2, -0.15) is 5.10 Å². The average molecular weight is 328 g/mol. The minimum absolute atomic E-state index is 0.0657. The monoisotopic (exact) mass is 327 g/mol. The molecular weight excluding hydrogens is 306 g/mol. The second kappa shape index (κ2) is 6.07. The number of hydrogen-bond donors (Lipinski definition) is 1. The lowest BCUT2D eigenvalue weighted by molar-refractivity contribution is 0.253. The first-order valence-corrected chi connectivity index (χ1v) is 7.86. The standard InChI is InChI=1S/C14H22BrN3O/c1-4-18-14(19)13(15)12(8-16-18)17-11-7-5-6-9(2)10(11)3/h8-11,17H,4-7H2,1-3H3. The van der Waals surface area contributed by atoms with Crippen LogP contribution in [0.2, 0.25) is 0 Å². The van der Waals surface area contributed by atoms with E-state index in [2.05, 4.69) is 40.2 Å². The third-order valence-electron chi connectivity index (χ3n) is 4.33. The molecule has 0 amide bonds. The van der Waals surface area contributed by atoms with Gasteiger partial charge in [0.15, 0.2) is 0 Å². The van der Waals surface area contributed by atoms with Crippen LogP contribution in [0.15, 0.2) is 15.5 Å². The van der Waals surface area contributed by atoms with E-state index in [0.717, 1.165) is 18.0 Å². The summed E-state index contributed by atoms with van der Waals surface area (Å²) in [7, 11) is 0. The number of aryl methyl sites for hydroxylation is 1. The van der Waals surface area contributed by atoms with Crippen LogP contribution in [0.4, 0.5) is 5.69 Å². The summed E-state index contributed by atoms with van der Waals surface area (Å²) in [5.41, 5.74) is 0.754. The van der Waals surface area contributed by atoms with Crippen molar-refractivity contribution >= 4 is 21.6 Å². The van der Waals surface area contributed by atoms with Crippen LogP contribution >= 0.6 is 15.9 Å². The van der Waals surface area contributed by atoms with Crippen molar-refractivity contribution in [1.29, 1.82) is 0 Å². The maximum atomic E-state index is 12.0. The van der Waals surface area contributed by atoms with Gasteiger partial charge in [-0.3, -0.25) is 4.79 Å². The number of aromatic nitrogens is 2. The van der Waals surface area contributed by atoms with E-state index in [1.807, 2.05) is 6.92 Å². The molecule has 1 aliphatic rings. The lowest BCUT2D eigenvalue weighted by atomic mass is 9.78. The second-order valence-corrected chi connectivity index (χ2v) is 6.30. The molecule has 19 heavy (non-hydrogen) atoms. The summed E-state index contributed by atoms with van der Waals surface area (Å²) in [6.45, 7) is 7.10. The molecule has 0 saturated heterocycles. The summed E-state index contributed by atoms with van der Waals surface area (Å²) in [6.07, 6.45) is 5.46. The van der Waals surface area contributed by atoms with Crippen molar-refractivity contribution in [3.8, 4) is 0 Å². The fourth-order valence-electron chi connectivity index (χ4n) is 2.78. The van der Waals surface area contributed by atoms with Gasteiger partial charge < -0.3 is 5.32 Å². The molecule has 5 heteroatoms. The Balaban J connectivity index is 2.19. The molecule has 1 N–H and O–H groups in total. The van der Waals surface area contributed by atoms with Crippen LogP contribution in [-0.4, -0.2) is 15.8 Å². The van der Waals surface area contributed by atoms with Gasteiger partial charge in [-0.25, -0.2) is 4.68 Å². The Morgan fingerprint density at radius 2 is 2.21 bits per heavy atom. The molecule has 3 atom stereocenters. The SMILES string of the molecule is CCn1ncc(NC2CCCC(C)C2C)c(Br)c1=O. The van der Waals surface area contributed by atoms with Crippen LogP contribution < -0.4 is 10.9 Å².